The maximum atomic E-state index is 13.3. The molecule has 2 N–H and O–H groups in total. The predicted octanol–water partition coefficient (Wildman–Crippen LogP) is 3.27. The first kappa shape index (κ1) is 57.9. The molecule has 408 valence electrons. The zero-order chi connectivity index (χ0) is 54.2. The van der Waals surface area contributed by atoms with Gasteiger partial charge < -0.3 is 72.2 Å². The highest BCUT2D eigenvalue weighted by atomic mass is 16.8. The van der Waals surface area contributed by atoms with Crippen molar-refractivity contribution in [2.75, 3.05) is 13.2 Å². The Balaban J connectivity index is 1.50. The summed E-state index contributed by atoms with van der Waals surface area (Å²) in [5.41, 5.74) is 2.47. The lowest BCUT2D eigenvalue weighted by Gasteiger charge is -2.51. The molecule has 75 heavy (non-hydrogen) atoms. The average Bonchev–Trinajstić information content (AvgIpc) is 3.35. The minimum absolute atomic E-state index is 0.00671. The summed E-state index contributed by atoms with van der Waals surface area (Å²) in [7, 11) is 0. The van der Waals surface area contributed by atoms with Gasteiger partial charge in [-0.15, -0.1) is 0 Å². The van der Waals surface area contributed by atoms with Crippen LogP contribution in [0.2, 0.25) is 0 Å². The normalized spacial score (nSPS) is 29.4. The highest BCUT2D eigenvalue weighted by molar-refractivity contribution is 5.74. The van der Waals surface area contributed by atoms with Crippen LogP contribution in [0.5, 0.6) is 0 Å². The summed E-state index contributed by atoms with van der Waals surface area (Å²) in [5, 5.41) is 5.43. The number of benzene rings is 3. The first-order chi connectivity index (χ1) is 35.9. The van der Waals surface area contributed by atoms with Gasteiger partial charge in [-0.2, -0.15) is 0 Å². The van der Waals surface area contributed by atoms with E-state index in [0.29, 0.717) is 0 Å². The molecule has 15 atom stereocenters. The van der Waals surface area contributed by atoms with Crippen LogP contribution in [0.25, 0.3) is 0 Å². The predicted molar refractivity (Wildman–Crippen MR) is 258 cm³/mol. The van der Waals surface area contributed by atoms with Gasteiger partial charge in [-0.25, -0.2) is 0 Å². The minimum Gasteiger partial charge on any atom is -0.463 e. The van der Waals surface area contributed by atoms with E-state index in [-0.39, 0.29) is 19.8 Å². The average molecular weight is 1050 g/mol. The van der Waals surface area contributed by atoms with Gasteiger partial charge in [0.25, 0.3) is 0 Å². The Labute approximate surface area is 434 Å². The van der Waals surface area contributed by atoms with E-state index in [1.165, 1.54) is 6.92 Å². The number of esters is 5. The van der Waals surface area contributed by atoms with E-state index in [0.717, 1.165) is 58.2 Å². The van der Waals surface area contributed by atoms with Crippen LogP contribution in [-0.4, -0.2) is 147 Å². The summed E-state index contributed by atoms with van der Waals surface area (Å²) in [6, 6.07) is 25.2. The van der Waals surface area contributed by atoms with Crippen LogP contribution in [0.3, 0.4) is 0 Å². The molecular formula is C53H66N2O20. The van der Waals surface area contributed by atoms with E-state index in [1.54, 1.807) is 6.92 Å². The first-order valence-electron chi connectivity index (χ1n) is 24.4. The second-order valence-corrected chi connectivity index (χ2v) is 18.1. The molecule has 1 unspecified atom stereocenters. The second-order valence-electron chi connectivity index (χ2n) is 18.1. The third-order valence-electron chi connectivity index (χ3n) is 12.0. The minimum atomic E-state index is -1.76. The van der Waals surface area contributed by atoms with E-state index < -0.39 is 147 Å². The van der Waals surface area contributed by atoms with Crippen molar-refractivity contribution < 1.29 is 95.1 Å². The van der Waals surface area contributed by atoms with Gasteiger partial charge in [0.05, 0.1) is 25.9 Å². The molecule has 0 saturated carbocycles. The van der Waals surface area contributed by atoms with Gasteiger partial charge in [0.15, 0.2) is 24.8 Å². The van der Waals surface area contributed by atoms with Gasteiger partial charge in [0.1, 0.15) is 68.0 Å². The monoisotopic (exact) mass is 1050 g/mol. The van der Waals surface area contributed by atoms with Crippen LogP contribution in [0.15, 0.2) is 91.0 Å². The Hall–Kier alpha value is -6.37. The lowest BCUT2D eigenvalue weighted by molar-refractivity contribution is -0.370. The van der Waals surface area contributed by atoms with Crippen molar-refractivity contribution in [3.05, 3.63) is 108 Å². The maximum Gasteiger partial charge on any atom is 0.305 e. The molecule has 22 heteroatoms. The number of hydrogen-bond donors (Lipinski definition) is 2. The number of amides is 2. The molecule has 0 aliphatic carbocycles. The Morgan fingerprint density at radius 2 is 0.813 bits per heavy atom. The number of hydrogen-bond acceptors (Lipinski definition) is 20. The van der Waals surface area contributed by atoms with Gasteiger partial charge in [-0.1, -0.05) is 91.0 Å². The molecule has 3 aliphatic heterocycles. The van der Waals surface area contributed by atoms with Crippen LogP contribution in [0.4, 0.5) is 0 Å². The summed E-state index contributed by atoms with van der Waals surface area (Å²) in [5.74, 6) is -5.39. The quantitative estimate of drug-likeness (QED) is 0.108. The van der Waals surface area contributed by atoms with Crippen molar-refractivity contribution in [1.82, 2.24) is 10.6 Å². The standard InChI is InChI=1S/C53H66N2O20/c1-29-44(65-24-37-18-12-9-13-19-37)49(66-25-38-20-14-10-15-21-38)50(67-26-39-22-16-11-17-23-39)53(68-29)75-48-43(55-31(3)57)51(71-36(8)62)72-41(28-64-33(5)59)46(48)74-52-42(54-30(2)56)47(70-35(7)61)45(69-34(6)60)40(73-52)27-63-32(4)58/h9-23,29,40-53H,24-28H2,1-8H3,(H,54,56)(H,55,57)/t29-,40+,41+,42+,43+,44+,45+,46+,47+,48+,49+,50-,51?,52-,53-/m0/s1. The van der Waals surface area contributed by atoms with Crippen LogP contribution in [0.1, 0.15) is 72.1 Å². The molecule has 3 aliphatic rings. The van der Waals surface area contributed by atoms with Gasteiger partial charge >= 0.3 is 29.8 Å². The van der Waals surface area contributed by atoms with Crippen molar-refractivity contribution in [2.45, 2.75) is 167 Å². The smallest absolute Gasteiger partial charge is 0.305 e. The number of nitrogens with one attached hydrogen (secondary N) is 2. The Bertz CT molecular complexity index is 2360. The molecule has 0 bridgehead atoms. The van der Waals surface area contributed by atoms with E-state index >= 15 is 0 Å². The third-order valence-corrected chi connectivity index (χ3v) is 12.0. The zero-order valence-corrected chi connectivity index (χ0v) is 43.0. The summed E-state index contributed by atoms with van der Waals surface area (Å²) in [4.78, 5) is 89.4. The molecule has 3 aromatic rings. The third kappa shape index (κ3) is 17.1. The molecule has 0 aromatic heterocycles. The molecule has 3 heterocycles. The number of ether oxygens (including phenoxy) is 13. The summed E-state index contributed by atoms with van der Waals surface area (Å²) in [6.07, 6.45) is -17.8. The first-order valence-corrected chi connectivity index (χ1v) is 24.4. The SMILES string of the molecule is CC(=O)N[C@H]1[C@H](O[C@H]2[C@H](O[C@@H]3O[C@@H](C)[C@@H](OCc4ccccc4)[C@@H](OCc4ccccc4)[C@@H]3OCc3ccccc3)[C@@H](NC(C)=O)C(OC(C)=O)O[C@@H]2COC(C)=O)O[C@H](COC(C)=O)[C@@H](OC(C)=O)[C@@H]1OC(C)=O. The van der Waals surface area contributed by atoms with Crippen molar-refractivity contribution >= 4 is 41.7 Å². The highest BCUT2D eigenvalue weighted by Crippen LogP contribution is 2.38. The molecule has 3 aromatic carbocycles. The van der Waals surface area contributed by atoms with E-state index in [4.69, 9.17) is 61.6 Å². The fourth-order valence-corrected chi connectivity index (χ4v) is 8.91. The summed E-state index contributed by atoms with van der Waals surface area (Å²) >= 11 is 0. The fourth-order valence-electron chi connectivity index (χ4n) is 8.91. The molecular weight excluding hydrogens is 985 g/mol. The molecule has 2 amide bonds. The lowest BCUT2D eigenvalue weighted by Crippen LogP contribution is -2.71. The van der Waals surface area contributed by atoms with Gasteiger partial charge in [0, 0.05) is 48.5 Å². The van der Waals surface area contributed by atoms with Crippen LogP contribution in [0, 0.1) is 0 Å². The van der Waals surface area contributed by atoms with Crippen molar-refractivity contribution in [3.8, 4) is 0 Å². The van der Waals surface area contributed by atoms with E-state index in [2.05, 4.69) is 10.6 Å². The van der Waals surface area contributed by atoms with Crippen molar-refractivity contribution in [2.24, 2.45) is 0 Å². The maximum absolute atomic E-state index is 13.3. The van der Waals surface area contributed by atoms with Gasteiger partial charge in [0.2, 0.25) is 18.1 Å². The molecule has 3 fully saturated rings. The van der Waals surface area contributed by atoms with Gasteiger partial charge in [-0.05, 0) is 23.6 Å². The van der Waals surface area contributed by atoms with E-state index in [9.17, 15) is 33.6 Å². The molecule has 22 nitrogen and oxygen atoms in total. The number of carbonyl (C=O) groups is 7. The van der Waals surface area contributed by atoms with E-state index in [1.807, 2.05) is 91.0 Å². The largest absolute Gasteiger partial charge is 0.463 e. The summed E-state index contributed by atoms with van der Waals surface area (Å²) in [6.45, 7) is 8.76. The molecule has 3 saturated heterocycles. The van der Waals surface area contributed by atoms with Crippen LogP contribution in [-0.2, 0) is 115 Å². The Kier molecular flexibility index (Phi) is 21.6. The molecule has 6 rings (SSSR count). The fraction of sp³-hybridized carbons (Fsp3) is 0.528. The topological polar surface area (TPSA) is 264 Å². The van der Waals surface area contributed by atoms with Crippen LogP contribution >= 0.6 is 0 Å². The van der Waals surface area contributed by atoms with Crippen LogP contribution < -0.4 is 10.6 Å². The number of rotatable bonds is 22. The summed E-state index contributed by atoms with van der Waals surface area (Å²) < 4.78 is 81.6. The lowest BCUT2D eigenvalue weighted by atomic mass is 9.93. The Morgan fingerprint density at radius 1 is 0.413 bits per heavy atom. The van der Waals surface area contributed by atoms with Crippen molar-refractivity contribution in [1.29, 1.82) is 0 Å². The van der Waals surface area contributed by atoms with Gasteiger partial charge in [-0.3, -0.25) is 33.6 Å². The second kappa shape index (κ2) is 28.0. The highest BCUT2D eigenvalue weighted by Gasteiger charge is 2.58. The Morgan fingerprint density at radius 3 is 1.27 bits per heavy atom. The van der Waals surface area contributed by atoms with Crippen molar-refractivity contribution in [3.63, 3.8) is 0 Å². The molecule has 0 radical (unpaired) electrons. The molecule has 0 spiro atoms. The number of carbonyl (C=O) groups excluding carboxylic acids is 7. The zero-order valence-electron chi connectivity index (χ0n) is 43.0.